The van der Waals surface area contributed by atoms with E-state index >= 15 is 0 Å². The van der Waals surface area contributed by atoms with E-state index in [0.717, 1.165) is 11.1 Å². The summed E-state index contributed by atoms with van der Waals surface area (Å²) in [7, 11) is 0. The van der Waals surface area contributed by atoms with Crippen LogP contribution in [0.2, 0.25) is 5.02 Å². The minimum Gasteiger partial charge on any atom is -0.508 e. The average molecular weight is 255 g/mol. The fourth-order valence-corrected chi connectivity index (χ4v) is 1.71. The summed E-state index contributed by atoms with van der Waals surface area (Å²) in [6.07, 6.45) is 0.702. The van der Waals surface area contributed by atoms with Crippen LogP contribution in [0.1, 0.15) is 11.1 Å². The van der Waals surface area contributed by atoms with Crippen molar-refractivity contribution in [3.05, 3.63) is 64.7 Å². The van der Waals surface area contributed by atoms with Gasteiger partial charge in [0.1, 0.15) is 5.75 Å². The quantitative estimate of drug-likeness (QED) is 0.857. The highest BCUT2D eigenvalue weighted by molar-refractivity contribution is 6.30. The Kier molecular flexibility index (Phi) is 4.66. The van der Waals surface area contributed by atoms with Crippen LogP contribution in [0.3, 0.4) is 0 Å². The Bertz CT molecular complexity index is 455. The van der Waals surface area contributed by atoms with Crippen molar-refractivity contribution < 1.29 is 5.11 Å². The third kappa shape index (κ3) is 3.16. The molecule has 0 atom stereocenters. The van der Waals surface area contributed by atoms with Gasteiger partial charge in [0.25, 0.3) is 0 Å². The second-order valence-corrected chi connectivity index (χ2v) is 3.87. The van der Waals surface area contributed by atoms with Crippen molar-refractivity contribution in [2.24, 2.45) is 0 Å². The van der Waals surface area contributed by atoms with Gasteiger partial charge in [-0.2, -0.15) is 0 Å². The largest absolute Gasteiger partial charge is 0.508 e. The normalized spacial score (nSPS) is 9.56. The van der Waals surface area contributed by atoms with Gasteiger partial charge in [-0.15, -0.1) is 12.4 Å². The Hall–Kier alpha value is -1.18. The van der Waals surface area contributed by atoms with Crippen molar-refractivity contribution in [1.82, 2.24) is 0 Å². The van der Waals surface area contributed by atoms with E-state index in [1.165, 1.54) is 0 Å². The van der Waals surface area contributed by atoms with E-state index in [0.29, 0.717) is 17.2 Å². The molecule has 0 amide bonds. The monoisotopic (exact) mass is 254 g/mol. The highest BCUT2D eigenvalue weighted by Gasteiger charge is 2.02. The summed E-state index contributed by atoms with van der Waals surface area (Å²) >= 11 is 5.87. The number of hydrogen-bond acceptors (Lipinski definition) is 1. The van der Waals surface area contributed by atoms with E-state index in [1.54, 1.807) is 18.2 Å². The minimum atomic E-state index is 0. The molecule has 0 saturated carbocycles. The lowest BCUT2D eigenvalue weighted by Gasteiger charge is -2.05. The molecule has 0 bridgehead atoms. The summed E-state index contributed by atoms with van der Waals surface area (Å²) in [5, 5.41) is 10.3. The van der Waals surface area contributed by atoms with Gasteiger partial charge in [0.15, 0.2) is 0 Å². The van der Waals surface area contributed by atoms with Crippen molar-refractivity contribution >= 4 is 24.0 Å². The van der Waals surface area contributed by atoms with Crippen molar-refractivity contribution in [1.29, 1.82) is 0 Å². The molecular weight excluding hydrogens is 243 g/mol. The summed E-state index contributed by atoms with van der Waals surface area (Å²) in [6, 6.07) is 15.1. The Morgan fingerprint density at radius 1 is 1.00 bits per heavy atom. The van der Waals surface area contributed by atoms with Gasteiger partial charge in [0, 0.05) is 11.4 Å². The molecule has 0 aliphatic heterocycles. The Balaban J connectivity index is 0.00000128. The van der Waals surface area contributed by atoms with Gasteiger partial charge in [-0.05, 0) is 29.3 Å². The van der Waals surface area contributed by atoms with Gasteiger partial charge in [0.2, 0.25) is 0 Å². The minimum absolute atomic E-state index is 0. The van der Waals surface area contributed by atoms with Crippen molar-refractivity contribution in [2.45, 2.75) is 6.42 Å². The predicted octanol–water partition coefficient (Wildman–Crippen LogP) is 4.06. The summed E-state index contributed by atoms with van der Waals surface area (Å²) in [5.74, 6) is 0.295. The van der Waals surface area contributed by atoms with Crippen molar-refractivity contribution in [3.8, 4) is 5.75 Å². The zero-order valence-electron chi connectivity index (χ0n) is 8.56. The van der Waals surface area contributed by atoms with E-state index in [-0.39, 0.29) is 12.4 Å². The highest BCUT2D eigenvalue weighted by Crippen LogP contribution is 2.23. The number of rotatable bonds is 2. The van der Waals surface area contributed by atoms with Crippen LogP contribution in [0.5, 0.6) is 5.75 Å². The fourth-order valence-electron chi connectivity index (χ4n) is 1.51. The lowest BCUT2D eigenvalue weighted by atomic mass is 10.0. The topological polar surface area (TPSA) is 20.2 Å². The maximum Gasteiger partial charge on any atom is 0.119 e. The van der Waals surface area contributed by atoms with Crippen LogP contribution in [-0.4, -0.2) is 5.11 Å². The number of phenolic OH excluding ortho intramolecular Hbond substituents is 1. The maximum absolute atomic E-state index is 9.64. The summed E-state index contributed by atoms with van der Waals surface area (Å²) in [5.41, 5.74) is 2.02. The Morgan fingerprint density at radius 3 is 2.38 bits per heavy atom. The summed E-state index contributed by atoms with van der Waals surface area (Å²) in [4.78, 5) is 0. The van der Waals surface area contributed by atoms with Crippen molar-refractivity contribution in [2.75, 3.05) is 0 Å². The Morgan fingerprint density at radius 2 is 1.69 bits per heavy atom. The zero-order chi connectivity index (χ0) is 10.7. The van der Waals surface area contributed by atoms with Gasteiger partial charge >= 0.3 is 0 Å². The molecule has 0 aliphatic carbocycles. The molecule has 16 heavy (non-hydrogen) atoms. The fraction of sp³-hybridized carbons (Fsp3) is 0.0769. The molecule has 84 valence electrons. The SMILES string of the molecule is Cl.Oc1ccc(Cl)cc1Cc1ccccc1. The van der Waals surface area contributed by atoms with Crippen LogP contribution >= 0.6 is 24.0 Å². The Labute approximate surface area is 106 Å². The molecule has 2 aromatic rings. The van der Waals surface area contributed by atoms with Crippen LogP contribution in [0.4, 0.5) is 0 Å². The lowest BCUT2D eigenvalue weighted by molar-refractivity contribution is 0.469. The average Bonchev–Trinajstić information content (AvgIpc) is 2.25. The first-order valence-electron chi connectivity index (χ1n) is 4.77. The van der Waals surface area contributed by atoms with Crippen LogP contribution in [0, 0.1) is 0 Å². The van der Waals surface area contributed by atoms with Gasteiger partial charge in [-0.1, -0.05) is 41.9 Å². The predicted molar refractivity (Wildman–Crippen MR) is 69.6 cm³/mol. The van der Waals surface area contributed by atoms with Gasteiger partial charge in [0.05, 0.1) is 0 Å². The highest BCUT2D eigenvalue weighted by atomic mass is 35.5. The smallest absolute Gasteiger partial charge is 0.119 e. The third-order valence-electron chi connectivity index (χ3n) is 2.28. The second kappa shape index (κ2) is 5.78. The van der Waals surface area contributed by atoms with Gasteiger partial charge < -0.3 is 5.11 Å². The maximum atomic E-state index is 9.64. The van der Waals surface area contributed by atoms with E-state index in [2.05, 4.69) is 0 Å². The molecule has 0 aliphatic rings. The zero-order valence-corrected chi connectivity index (χ0v) is 10.1. The molecule has 0 saturated heterocycles. The van der Waals surface area contributed by atoms with E-state index in [9.17, 15) is 5.11 Å². The number of hydrogen-bond donors (Lipinski definition) is 1. The molecule has 2 rings (SSSR count). The van der Waals surface area contributed by atoms with Crippen LogP contribution in [-0.2, 0) is 6.42 Å². The molecule has 0 aromatic heterocycles. The first-order chi connectivity index (χ1) is 7.25. The van der Waals surface area contributed by atoms with Crippen LogP contribution < -0.4 is 0 Å². The first kappa shape index (κ1) is 12.9. The molecular formula is C13H12Cl2O. The molecule has 3 heteroatoms. The molecule has 0 fully saturated rings. The van der Waals surface area contributed by atoms with E-state index in [1.807, 2.05) is 30.3 Å². The summed E-state index contributed by atoms with van der Waals surface area (Å²) < 4.78 is 0. The molecule has 0 spiro atoms. The van der Waals surface area contributed by atoms with E-state index in [4.69, 9.17) is 11.6 Å². The van der Waals surface area contributed by atoms with Crippen LogP contribution in [0.15, 0.2) is 48.5 Å². The third-order valence-corrected chi connectivity index (χ3v) is 2.51. The second-order valence-electron chi connectivity index (χ2n) is 3.44. The number of benzene rings is 2. The number of phenols is 1. The molecule has 0 radical (unpaired) electrons. The van der Waals surface area contributed by atoms with Crippen molar-refractivity contribution in [3.63, 3.8) is 0 Å². The number of halogens is 2. The standard InChI is InChI=1S/C13H11ClO.ClH/c14-12-6-7-13(15)11(9-12)8-10-4-2-1-3-5-10;/h1-7,9,15H,8H2;1H. The van der Waals surface area contributed by atoms with Gasteiger partial charge in [-0.3, -0.25) is 0 Å². The van der Waals surface area contributed by atoms with E-state index < -0.39 is 0 Å². The molecule has 2 aromatic carbocycles. The number of aromatic hydroxyl groups is 1. The molecule has 1 nitrogen and oxygen atoms in total. The van der Waals surface area contributed by atoms with Crippen LogP contribution in [0.25, 0.3) is 0 Å². The molecule has 0 unspecified atom stereocenters. The van der Waals surface area contributed by atoms with Gasteiger partial charge in [-0.25, -0.2) is 0 Å². The lowest BCUT2D eigenvalue weighted by Crippen LogP contribution is -1.88. The first-order valence-corrected chi connectivity index (χ1v) is 5.15. The molecule has 0 heterocycles. The summed E-state index contributed by atoms with van der Waals surface area (Å²) in [6.45, 7) is 0. The molecule has 1 N–H and O–H groups in total.